The zero-order valence-corrected chi connectivity index (χ0v) is 16.0. The Kier molecular flexibility index (Phi) is 7.85. The topological polar surface area (TPSA) is 56.8 Å². The lowest BCUT2D eigenvalue weighted by atomic mass is 10.1. The van der Waals surface area contributed by atoms with Crippen molar-refractivity contribution in [3.8, 4) is 11.5 Å². The first-order valence-electron chi connectivity index (χ1n) is 9.08. The average molecular weight is 370 g/mol. The van der Waals surface area contributed by atoms with Crippen molar-refractivity contribution in [3.05, 3.63) is 22.7 Å². The van der Waals surface area contributed by atoms with Crippen LogP contribution >= 0.6 is 11.6 Å². The highest BCUT2D eigenvalue weighted by molar-refractivity contribution is 6.32. The first kappa shape index (κ1) is 19.9. The van der Waals surface area contributed by atoms with E-state index in [2.05, 4.69) is 12.2 Å². The third-order valence-electron chi connectivity index (χ3n) is 4.20. The molecule has 25 heavy (non-hydrogen) atoms. The van der Waals surface area contributed by atoms with E-state index >= 15 is 0 Å². The minimum atomic E-state index is -0.189. The summed E-state index contributed by atoms with van der Waals surface area (Å²) in [5.41, 5.74) is 0.459. The second-order valence-electron chi connectivity index (χ2n) is 6.23. The SMILES string of the molecule is CCCCOc1c(Cl)cc(C(=O)NC(C)C2CCCO2)cc1OCC. The molecular weight excluding hydrogens is 342 g/mol. The Morgan fingerprint density at radius 1 is 1.40 bits per heavy atom. The lowest BCUT2D eigenvalue weighted by Crippen LogP contribution is -2.40. The van der Waals surface area contributed by atoms with Gasteiger partial charge in [-0.25, -0.2) is 0 Å². The monoisotopic (exact) mass is 369 g/mol. The molecule has 2 rings (SSSR count). The maximum Gasteiger partial charge on any atom is 0.251 e. The summed E-state index contributed by atoms with van der Waals surface area (Å²) < 4.78 is 17.0. The van der Waals surface area contributed by atoms with Crippen LogP contribution in [0.2, 0.25) is 5.02 Å². The van der Waals surface area contributed by atoms with Crippen LogP contribution in [0.1, 0.15) is 56.8 Å². The number of rotatable bonds is 9. The van der Waals surface area contributed by atoms with Crippen molar-refractivity contribution >= 4 is 17.5 Å². The van der Waals surface area contributed by atoms with E-state index in [0.29, 0.717) is 35.3 Å². The van der Waals surface area contributed by atoms with E-state index in [9.17, 15) is 4.79 Å². The highest BCUT2D eigenvalue weighted by atomic mass is 35.5. The summed E-state index contributed by atoms with van der Waals surface area (Å²) in [4.78, 5) is 12.6. The summed E-state index contributed by atoms with van der Waals surface area (Å²) >= 11 is 6.35. The largest absolute Gasteiger partial charge is 0.490 e. The minimum absolute atomic E-state index is 0.0511. The molecule has 1 aliphatic heterocycles. The molecule has 2 atom stereocenters. The lowest BCUT2D eigenvalue weighted by Gasteiger charge is -2.21. The minimum Gasteiger partial charge on any atom is -0.490 e. The van der Waals surface area contributed by atoms with Gasteiger partial charge in [0.25, 0.3) is 5.91 Å². The summed E-state index contributed by atoms with van der Waals surface area (Å²) in [6.45, 7) is 7.74. The Morgan fingerprint density at radius 2 is 2.20 bits per heavy atom. The summed E-state index contributed by atoms with van der Waals surface area (Å²) in [5, 5.41) is 3.37. The van der Waals surface area contributed by atoms with E-state index in [1.807, 2.05) is 13.8 Å². The second kappa shape index (κ2) is 9.88. The van der Waals surface area contributed by atoms with Gasteiger partial charge in [-0.2, -0.15) is 0 Å². The van der Waals surface area contributed by atoms with E-state index in [-0.39, 0.29) is 18.1 Å². The molecule has 0 aliphatic carbocycles. The molecule has 1 amide bonds. The Balaban J connectivity index is 2.12. The van der Waals surface area contributed by atoms with Gasteiger partial charge in [0.1, 0.15) is 0 Å². The van der Waals surface area contributed by atoms with Crippen LogP contribution in [-0.4, -0.2) is 37.9 Å². The quantitative estimate of drug-likeness (QED) is 0.662. The Morgan fingerprint density at radius 3 is 2.84 bits per heavy atom. The number of unbranched alkanes of at least 4 members (excludes halogenated alkanes) is 1. The number of nitrogens with one attached hydrogen (secondary N) is 1. The average Bonchev–Trinajstić information content (AvgIpc) is 3.12. The molecule has 1 fully saturated rings. The second-order valence-corrected chi connectivity index (χ2v) is 6.64. The van der Waals surface area contributed by atoms with Crippen LogP contribution in [0.25, 0.3) is 0 Å². The van der Waals surface area contributed by atoms with Gasteiger partial charge in [0.15, 0.2) is 11.5 Å². The number of benzene rings is 1. The van der Waals surface area contributed by atoms with Crippen LogP contribution in [0, 0.1) is 0 Å². The molecule has 6 heteroatoms. The van der Waals surface area contributed by atoms with Gasteiger partial charge in [0.05, 0.1) is 30.4 Å². The molecule has 0 saturated carbocycles. The van der Waals surface area contributed by atoms with Crippen LogP contribution in [0.5, 0.6) is 11.5 Å². The van der Waals surface area contributed by atoms with Gasteiger partial charge in [-0.05, 0) is 45.2 Å². The molecule has 1 N–H and O–H groups in total. The van der Waals surface area contributed by atoms with Gasteiger partial charge in [-0.3, -0.25) is 4.79 Å². The van der Waals surface area contributed by atoms with Gasteiger partial charge in [-0.1, -0.05) is 24.9 Å². The number of ether oxygens (including phenoxy) is 3. The molecule has 0 aromatic heterocycles. The molecule has 0 radical (unpaired) electrons. The van der Waals surface area contributed by atoms with Crippen LogP contribution in [-0.2, 0) is 4.74 Å². The molecule has 1 aliphatic rings. The number of carbonyl (C=O) groups is 1. The molecule has 5 nitrogen and oxygen atoms in total. The van der Waals surface area contributed by atoms with Crippen molar-refractivity contribution in [3.63, 3.8) is 0 Å². The normalized spacial score (nSPS) is 18.0. The molecular formula is C19H28ClNO4. The van der Waals surface area contributed by atoms with E-state index in [0.717, 1.165) is 32.3 Å². The number of hydrogen-bond acceptors (Lipinski definition) is 4. The van der Waals surface area contributed by atoms with Gasteiger partial charge in [-0.15, -0.1) is 0 Å². The van der Waals surface area contributed by atoms with E-state index in [1.54, 1.807) is 12.1 Å². The summed E-state index contributed by atoms with van der Waals surface area (Å²) in [5.74, 6) is 0.813. The van der Waals surface area contributed by atoms with Crippen LogP contribution in [0.4, 0.5) is 0 Å². The molecule has 1 aromatic carbocycles. The Hall–Kier alpha value is -1.46. The molecule has 1 heterocycles. The van der Waals surface area contributed by atoms with Crippen LogP contribution < -0.4 is 14.8 Å². The van der Waals surface area contributed by atoms with E-state index in [4.69, 9.17) is 25.8 Å². The van der Waals surface area contributed by atoms with Gasteiger partial charge < -0.3 is 19.5 Å². The smallest absolute Gasteiger partial charge is 0.251 e. The number of carbonyl (C=O) groups excluding carboxylic acids is 1. The predicted molar refractivity (Wildman–Crippen MR) is 98.9 cm³/mol. The van der Waals surface area contributed by atoms with Gasteiger partial charge >= 0.3 is 0 Å². The molecule has 1 aromatic rings. The molecule has 2 unspecified atom stereocenters. The van der Waals surface area contributed by atoms with Crippen molar-refractivity contribution in [1.82, 2.24) is 5.32 Å². The Labute approximate surface area is 155 Å². The predicted octanol–water partition coefficient (Wildman–Crippen LogP) is 4.21. The van der Waals surface area contributed by atoms with Crippen LogP contribution in [0.15, 0.2) is 12.1 Å². The molecule has 0 spiro atoms. The van der Waals surface area contributed by atoms with Gasteiger partial charge in [0, 0.05) is 12.2 Å². The fraction of sp³-hybridized carbons (Fsp3) is 0.632. The molecule has 1 saturated heterocycles. The zero-order chi connectivity index (χ0) is 18.2. The fourth-order valence-electron chi connectivity index (χ4n) is 2.80. The first-order valence-corrected chi connectivity index (χ1v) is 9.46. The van der Waals surface area contributed by atoms with E-state index in [1.165, 1.54) is 0 Å². The third kappa shape index (κ3) is 5.51. The zero-order valence-electron chi connectivity index (χ0n) is 15.3. The van der Waals surface area contributed by atoms with Crippen molar-refractivity contribution in [2.75, 3.05) is 19.8 Å². The Bertz CT molecular complexity index is 573. The highest BCUT2D eigenvalue weighted by Gasteiger charge is 2.25. The summed E-state index contributed by atoms with van der Waals surface area (Å²) in [6, 6.07) is 3.27. The maximum absolute atomic E-state index is 12.6. The summed E-state index contributed by atoms with van der Waals surface area (Å²) in [7, 11) is 0. The molecule has 0 bridgehead atoms. The maximum atomic E-state index is 12.6. The van der Waals surface area contributed by atoms with Crippen molar-refractivity contribution < 1.29 is 19.0 Å². The standard InChI is InChI=1S/C19H28ClNO4/c1-4-6-9-25-18-15(20)11-14(12-17(18)23-5-2)19(22)21-13(3)16-8-7-10-24-16/h11-13,16H,4-10H2,1-3H3,(H,21,22). The highest BCUT2D eigenvalue weighted by Crippen LogP contribution is 2.37. The van der Waals surface area contributed by atoms with Crippen molar-refractivity contribution in [1.29, 1.82) is 0 Å². The van der Waals surface area contributed by atoms with Crippen LogP contribution in [0.3, 0.4) is 0 Å². The molecule has 140 valence electrons. The van der Waals surface area contributed by atoms with Crippen molar-refractivity contribution in [2.24, 2.45) is 0 Å². The van der Waals surface area contributed by atoms with E-state index < -0.39 is 0 Å². The number of halogens is 1. The third-order valence-corrected chi connectivity index (χ3v) is 4.48. The number of amides is 1. The lowest BCUT2D eigenvalue weighted by molar-refractivity contribution is 0.0712. The van der Waals surface area contributed by atoms with Gasteiger partial charge in [0.2, 0.25) is 0 Å². The number of hydrogen-bond donors (Lipinski definition) is 1. The first-order chi connectivity index (χ1) is 12.1. The fourth-order valence-corrected chi connectivity index (χ4v) is 3.07. The summed E-state index contributed by atoms with van der Waals surface area (Å²) in [6.07, 6.45) is 4.04. The van der Waals surface area contributed by atoms with Crippen molar-refractivity contribution in [2.45, 2.75) is 58.6 Å².